The first kappa shape index (κ1) is 34.2. The fraction of sp³-hybridized carbons (Fsp3) is 0.588. The molecule has 0 N–H and O–H groups in total. The molecule has 0 spiro atoms. The number of amides is 2. The van der Waals surface area contributed by atoms with E-state index in [1.54, 1.807) is 32.3 Å². The number of benzene rings is 2. The summed E-state index contributed by atoms with van der Waals surface area (Å²) >= 11 is 0. The van der Waals surface area contributed by atoms with Crippen LogP contribution in [0.3, 0.4) is 0 Å². The van der Waals surface area contributed by atoms with Crippen molar-refractivity contribution >= 4 is 17.5 Å². The van der Waals surface area contributed by atoms with Gasteiger partial charge in [-0.2, -0.15) is 0 Å². The molecule has 0 aromatic heterocycles. The van der Waals surface area contributed by atoms with E-state index >= 15 is 0 Å². The molecule has 43 heavy (non-hydrogen) atoms. The first-order chi connectivity index (χ1) is 20.6. The molecule has 8 nitrogen and oxygen atoms in total. The largest absolute Gasteiger partial charge is 0.493 e. The van der Waals surface area contributed by atoms with E-state index < -0.39 is 0 Å². The van der Waals surface area contributed by atoms with Crippen molar-refractivity contribution in [1.29, 1.82) is 0 Å². The SMILES string of the molecule is COc1ccc(CCC(=O)N2CCCN(CC(C)C)CCCN(C(=O)CC(C)C)c3ccc(F)cc3C2)c(OC)c1OC. The van der Waals surface area contributed by atoms with Crippen molar-refractivity contribution in [1.82, 2.24) is 9.80 Å². The molecule has 0 unspecified atom stereocenters. The van der Waals surface area contributed by atoms with Crippen LogP contribution in [0.5, 0.6) is 17.2 Å². The fourth-order valence-corrected chi connectivity index (χ4v) is 5.79. The van der Waals surface area contributed by atoms with Crippen LogP contribution in [0.15, 0.2) is 30.3 Å². The van der Waals surface area contributed by atoms with Crippen molar-refractivity contribution in [2.75, 3.05) is 59.0 Å². The molecule has 1 aliphatic rings. The van der Waals surface area contributed by atoms with Crippen molar-refractivity contribution in [3.63, 3.8) is 0 Å². The predicted octanol–water partition coefficient (Wildman–Crippen LogP) is 5.94. The van der Waals surface area contributed by atoms with Gasteiger partial charge < -0.3 is 28.9 Å². The summed E-state index contributed by atoms with van der Waals surface area (Å²) in [6.07, 6.45) is 2.71. The number of carbonyl (C=O) groups is 2. The lowest BCUT2D eigenvalue weighted by Gasteiger charge is -2.32. The smallest absolute Gasteiger partial charge is 0.227 e. The highest BCUT2D eigenvalue weighted by Gasteiger charge is 2.25. The highest BCUT2D eigenvalue weighted by atomic mass is 19.1. The summed E-state index contributed by atoms with van der Waals surface area (Å²) < 4.78 is 31.2. The number of hydrogen-bond donors (Lipinski definition) is 0. The van der Waals surface area contributed by atoms with Crippen LogP contribution in [0.4, 0.5) is 10.1 Å². The number of halogens is 1. The minimum absolute atomic E-state index is 0.0220. The average molecular weight is 600 g/mol. The molecule has 0 atom stereocenters. The number of aryl methyl sites for hydroxylation is 1. The van der Waals surface area contributed by atoms with Crippen molar-refractivity contribution in [3.05, 3.63) is 47.3 Å². The lowest BCUT2D eigenvalue weighted by atomic mass is 10.0. The van der Waals surface area contributed by atoms with Gasteiger partial charge in [-0.05, 0) is 79.6 Å². The van der Waals surface area contributed by atoms with Crippen LogP contribution in [0, 0.1) is 17.7 Å². The molecule has 0 aliphatic carbocycles. The molecule has 1 heterocycles. The molecule has 3 rings (SSSR count). The van der Waals surface area contributed by atoms with Crippen molar-refractivity contribution < 1.29 is 28.2 Å². The third-order valence-electron chi connectivity index (χ3n) is 7.71. The van der Waals surface area contributed by atoms with E-state index in [4.69, 9.17) is 14.2 Å². The van der Waals surface area contributed by atoms with Gasteiger partial charge in [-0.1, -0.05) is 33.8 Å². The normalized spacial score (nSPS) is 15.1. The molecule has 2 aromatic carbocycles. The Labute approximate surface area is 257 Å². The third-order valence-corrected chi connectivity index (χ3v) is 7.71. The molecular formula is C34H50FN3O5. The van der Waals surface area contributed by atoms with E-state index in [9.17, 15) is 14.0 Å². The second-order valence-electron chi connectivity index (χ2n) is 12.1. The highest BCUT2D eigenvalue weighted by molar-refractivity contribution is 5.94. The molecule has 238 valence electrons. The minimum atomic E-state index is -0.382. The number of rotatable bonds is 10. The zero-order valence-corrected chi connectivity index (χ0v) is 27.1. The van der Waals surface area contributed by atoms with Crippen LogP contribution < -0.4 is 19.1 Å². The van der Waals surface area contributed by atoms with Gasteiger partial charge in [0.15, 0.2) is 11.5 Å². The standard InChI is InChI=1S/C34H50FN3O5/c1-24(2)20-32(40)38-19-9-17-36(22-25(3)4)16-8-18-37(23-27-21-28(35)12-13-29(27)38)31(39)15-11-26-10-14-30(41-5)34(43-7)33(26)42-6/h10,12-14,21,24-25H,8-9,11,15-20,22-23H2,1-7H3. The van der Waals surface area contributed by atoms with E-state index in [1.165, 1.54) is 12.1 Å². The Morgan fingerprint density at radius 2 is 1.53 bits per heavy atom. The number of anilines is 1. The summed E-state index contributed by atoms with van der Waals surface area (Å²) in [6.45, 7) is 12.4. The summed E-state index contributed by atoms with van der Waals surface area (Å²) in [5.41, 5.74) is 2.17. The van der Waals surface area contributed by atoms with E-state index in [1.807, 2.05) is 30.9 Å². The van der Waals surface area contributed by atoms with E-state index in [0.29, 0.717) is 60.3 Å². The van der Waals surface area contributed by atoms with Gasteiger partial charge in [0, 0.05) is 44.7 Å². The van der Waals surface area contributed by atoms with E-state index in [0.717, 1.165) is 38.0 Å². The zero-order valence-electron chi connectivity index (χ0n) is 27.1. The Bertz CT molecular complexity index is 1220. The first-order valence-electron chi connectivity index (χ1n) is 15.4. The van der Waals surface area contributed by atoms with Gasteiger partial charge in [0.05, 0.1) is 21.3 Å². The van der Waals surface area contributed by atoms with Crippen molar-refractivity contribution in [2.45, 2.75) is 66.3 Å². The number of nitrogens with zero attached hydrogens (tertiary/aromatic N) is 3. The summed E-state index contributed by atoms with van der Waals surface area (Å²) in [7, 11) is 4.69. The fourth-order valence-electron chi connectivity index (χ4n) is 5.79. The Morgan fingerprint density at radius 1 is 0.837 bits per heavy atom. The quantitative estimate of drug-likeness (QED) is 0.337. The number of carbonyl (C=O) groups excluding carboxylic acids is 2. The van der Waals surface area contributed by atoms with Crippen molar-refractivity contribution in [3.8, 4) is 17.2 Å². The molecule has 2 aromatic rings. The van der Waals surface area contributed by atoms with Gasteiger partial charge in [-0.3, -0.25) is 9.59 Å². The lowest BCUT2D eigenvalue weighted by Crippen LogP contribution is -2.40. The van der Waals surface area contributed by atoms with Gasteiger partial charge in [0.2, 0.25) is 17.6 Å². The highest BCUT2D eigenvalue weighted by Crippen LogP contribution is 2.40. The summed E-state index contributed by atoms with van der Waals surface area (Å²) in [5.74, 6) is 1.88. The Kier molecular flexibility index (Phi) is 13.1. The van der Waals surface area contributed by atoms with Gasteiger partial charge in [0.1, 0.15) is 5.82 Å². The summed E-state index contributed by atoms with van der Waals surface area (Å²) in [5, 5.41) is 0. The van der Waals surface area contributed by atoms with E-state index in [2.05, 4.69) is 18.7 Å². The first-order valence-corrected chi connectivity index (χ1v) is 15.4. The lowest BCUT2D eigenvalue weighted by molar-refractivity contribution is -0.131. The van der Waals surface area contributed by atoms with E-state index in [-0.39, 0.29) is 36.5 Å². The second-order valence-corrected chi connectivity index (χ2v) is 12.1. The number of hydrogen-bond acceptors (Lipinski definition) is 6. The molecule has 0 radical (unpaired) electrons. The molecular weight excluding hydrogens is 549 g/mol. The summed E-state index contributed by atoms with van der Waals surface area (Å²) in [6, 6.07) is 8.26. The number of ether oxygens (including phenoxy) is 3. The van der Waals surface area contributed by atoms with Crippen LogP contribution in [-0.4, -0.2) is 75.7 Å². The maximum atomic E-state index is 14.6. The average Bonchev–Trinajstić information content (AvgIpc) is 2.95. The van der Waals surface area contributed by atoms with Crippen LogP contribution in [-0.2, 0) is 22.6 Å². The minimum Gasteiger partial charge on any atom is -0.493 e. The Balaban J connectivity index is 1.93. The molecule has 0 saturated heterocycles. The molecule has 0 bridgehead atoms. The van der Waals surface area contributed by atoms with Crippen LogP contribution in [0.25, 0.3) is 0 Å². The van der Waals surface area contributed by atoms with Crippen LogP contribution in [0.1, 0.15) is 64.5 Å². The van der Waals surface area contributed by atoms with Gasteiger partial charge in [0.25, 0.3) is 0 Å². The maximum absolute atomic E-state index is 14.6. The predicted molar refractivity (Wildman–Crippen MR) is 169 cm³/mol. The molecule has 0 saturated carbocycles. The van der Waals surface area contributed by atoms with Gasteiger partial charge in [-0.25, -0.2) is 4.39 Å². The van der Waals surface area contributed by atoms with Crippen molar-refractivity contribution in [2.24, 2.45) is 11.8 Å². The molecule has 1 aliphatic heterocycles. The van der Waals surface area contributed by atoms with Crippen LogP contribution >= 0.6 is 0 Å². The maximum Gasteiger partial charge on any atom is 0.227 e. The Morgan fingerprint density at radius 3 is 2.16 bits per heavy atom. The monoisotopic (exact) mass is 599 g/mol. The zero-order chi connectivity index (χ0) is 31.5. The van der Waals surface area contributed by atoms with Gasteiger partial charge in [-0.15, -0.1) is 0 Å². The third kappa shape index (κ3) is 9.58. The molecule has 0 fully saturated rings. The molecule has 9 heteroatoms. The summed E-state index contributed by atoms with van der Waals surface area (Å²) in [4.78, 5) is 33.3. The van der Waals surface area contributed by atoms with Crippen LogP contribution in [0.2, 0.25) is 0 Å². The molecule has 2 amide bonds. The number of fused-ring (bicyclic) bond motifs is 1. The van der Waals surface area contributed by atoms with Gasteiger partial charge >= 0.3 is 0 Å². The Hall–Kier alpha value is -3.33. The second kappa shape index (κ2) is 16.5. The number of methoxy groups -OCH3 is 3. The topological polar surface area (TPSA) is 71.6 Å².